The molecule has 0 spiro atoms. The third kappa shape index (κ3) is 2.32. The predicted molar refractivity (Wildman–Crippen MR) is 80.7 cm³/mol. The molecule has 0 saturated heterocycles. The van der Waals surface area contributed by atoms with Crippen LogP contribution in [0, 0.1) is 11.3 Å². The van der Waals surface area contributed by atoms with Crippen molar-refractivity contribution < 1.29 is 4.79 Å². The lowest BCUT2D eigenvalue weighted by Gasteiger charge is -2.30. The number of nitrogens with zero attached hydrogens (tertiary/aromatic N) is 1. The molecule has 0 aromatic heterocycles. The highest BCUT2D eigenvalue weighted by Gasteiger charge is 2.52. The predicted octanol–water partition coefficient (Wildman–Crippen LogP) is 3.02. The molecular formula is C15H21ClN2O. The number of benzene rings is 1. The average molecular weight is 281 g/mol. The van der Waals surface area contributed by atoms with Crippen LogP contribution in [-0.4, -0.2) is 12.5 Å². The van der Waals surface area contributed by atoms with Gasteiger partial charge in [-0.2, -0.15) is 0 Å². The number of halogens is 1. The van der Waals surface area contributed by atoms with Crippen LogP contribution < -0.4 is 10.6 Å². The van der Waals surface area contributed by atoms with E-state index >= 15 is 0 Å². The third-order valence-electron chi connectivity index (χ3n) is 4.36. The monoisotopic (exact) mass is 280 g/mol. The molecule has 19 heavy (non-hydrogen) atoms. The molecule has 3 rings (SSSR count). The first-order valence-corrected chi connectivity index (χ1v) is 6.69. The van der Waals surface area contributed by atoms with Crippen molar-refractivity contribution in [2.45, 2.75) is 33.1 Å². The Bertz CT molecular complexity index is 513. The van der Waals surface area contributed by atoms with E-state index in [4.69, 9.17) is 5.73 Å². The number of amides is 1. The summed E-state index contributed by atoms with van der Waals surface area (Å²) < 4.78 is 0. The molecule has 1 atom stereocenters. The minimum atomic E-state index is 0. The summed E-state index contributed by atoms with van der Waals surface area (Å²) >= 11 is 0. The molecule has 3 nitrogen and oxygen atoms in total. The molecule has 2 N–H and O–H groups in total. The van der Waals surface area contributed by atoms with E-state index in [2.05, 4.69) is 13.8 Å². The fraction of sp³-hybridized carbons (Fsp3) is 0.533. The fourth-order valence-corrected chi connectivity index (χ4v) is 2.96. The van der Waals surface area contributed by atoms with Gasteiger partial charge >= 0.3 is 0 Å². The lowest BCUT2D eigenvalue weighted by Crippen LogP contribution is -2.37. The van der Waals surface area contributed by atoms with E-state index in [1.165, 1.54) is 0 Å². The van der Waals surface area contributed by atoms with Crippen LogP contribution in [0.1, 0.15) is 32.3 Å². The van der Waals surface area contributed by atoms with Gasteiger partial charge in [-0.1, -0.05) is 19.9 Å². The van der Waals surface area contributed by atoms with Crippen molar-refractivity contribution in [3.8, 4) is 0 Å². The summed E-state index contributed by atoms with van der Waals surface area (Å²) in [7, 11) is 0. The Morgan fingerprint density at radius 1 is 1.42 bits per heavy atom. The Balaban J connectivity index is 0.00000133. The average Bonchev–Trinajstić information content (AvgIpc) is 2.98. The zero-order valence-electron chi connectivity index (χ0n) is 11.5. The summed E-state index contributed by atoms with van der Waals surface area (Å²) in [5.41, 5.74) is 9.20. The Hall–Kier alpha value is -1.22. The van der Waals surface area contributed by atoms with Gasteiger partial charge in [0.1, 0.15) is 0 Å². The minimum Gasteiger partial charge on any atom is -0.398 e. The van der Waals surface area contributed by atoms with Crippen molar-refractivity contribution >= 4 is 29.7 Å². The van der Waals surface area contributed by atoms with E-state index in [1.807, 2.05) is 23.1 Å². The van der Waals surface area contributed by atoms with Gasteiger partial charge in [0.15, 0.2) is 0 Å². The maximum absolute atomic E-state index is 12.5. The molecule has 1 saturated carbocycles. The summed E-state index contributed by atoms with van der Waals surface area (Å²) in [6.45, 7) is 5.17. The van der Waals surface area contributed by atoms with E-state index in [0.29, 0.717) is 0 Å². The van der Waals surface area contributed by atoms with Crippen LogP contribution >= 0.6 is 12.4 Å². The molecule has 1 unspecified atom stereocenters. The van der Waals surface area contributed by atoms with Crippen LogP contribution in [0.5, 0.6) is 0 Å². The highest BCUT2D eigenvalue weighted by molar-refractivity contribution is 5.99. The first-order chi connectivity index (χ1) is 8.50. The van der Waals surface area contributed by atoms with E-state index in [1.54, 1.807) is 0 Å². The van der Waals surface area contributed by atoms with E-state index in [0.717, 1.165) is 42.7 Å². The quantitative estimate of drug-likeness (QED) is 0.804. The number of carbonyl (C=O) groups excluding carboxylic acids is 1. The Labute approximate surface area is 120 Å². The first kappa shape index (κ1) is 14.2. The summed E-state index contributed by atoms with van der Waals surface area (Å²) in [5, 5.41) is 0. The normalized spacial score (nSPS) is 23.3. The van der Waals surface area contributed by atoms with Crippen molar-refractivity contribution in [1.82, 2.24) is 0 Å². The molecular weight excluding hydrogens is 260 g/mol. The molecule has 4 heteroatoms. The zero-order chi connectivity index (χ0) is 12.9. The van der Waals surface area contributed by atoms with Gasteiger partial charge in [-0.05, 0) is 42.4 Å². The molecule has 0 radical (unpaired) electrons. The first-order valence-electron chi connectivity index (χ1n) is 6.69. The van der Waals surface area contributed by atoms with Gasteiger partial charge in [0.2, 0.25) is 5.91 Å². The molecule has 1 aromatic rings. The molecule has 1 aliphatic heterocycles. The fourth-order valence-electron chi connectivity index (χ4n) is 2.96. The Kier molecular flexibility index (Phi) is 3.52. The molecule has 1 aromatic carbocycles. The highest BCUT2D eigenvalue weighted by atomic mass is 35.5. The number of nitrogens with two attached hydrogens (primary N) is 1. The van der Waals surface area contributed by atoms with Crippen LogP contribution in [0.3, 0.4) is 0 Å². The van der Waals surface area contributed by atoms with E-state index in [9.17, 15) is 4.79 Å². The second-order valence-corrected chi connectivity index (χ2v) is 6.18. The number of hydrogen-bond acceptors (Lipinski definition) is 2. The van der Waals surface area contributed by atoms with Gasteiger partial charge in [-0.3, -0.25) is 4.79 Å². The minimum absolute atomic E-state index is 0. The SMILES string of the molecule is CC1(C)CC1C(=O)N1CCCc2c(N)cccc21.Cl. The standard InChI is InChI=1S/C15H20N2O.ClH/c1-15(2)9-11(15)14(18)17-8-4-5-10-12(16)6-3-7-13(10)17;/h3,6-7,11H,4-5,8-9,16H2,1-2H3;1H. The molecule has 1 fully saturated rings. The number of anilines is 2. The summed E-state index contributed by atoms with van der Waals surface area (Å²) in [6, 6.07) is 5.89. The van der Waals surface area contributed by atoms with Gasteiger partial charge in [0, 0.05) is 23.8 Å². The summed E-state index contributed by atoms with van der Waals surface area (Å²) in [6.07, 6.45) is 3.01. The van der Waals surface area contributed by atoms with Gasteiger partial charge < -0.3 is 10.6 Å². The summed E-state index contributed by atoms with van der Waals surface area (Å²) in [5.74, 6) is 0.483. The van der Waals surface area contributed by atoms with Crippen LogP contribution in [0.15, 0.2) is 18.2 Å². The molecule has 1 heterocycles. The second kappa shape index (κ2) is 4.71. The van der Waals surface area contributed by atoms with Crippen molar-refractivity contribution in [2.75, 3.05) is 17.2 Å². The third-order valence-corrected chi connectivity index (χ3v) is 4.36. The van der Waals surface area contributed by atoms with Gasteiger partial charge in [-0.15, -0.1) is 12.4 Å². The van der Waals surface area contributed by atoms with E-state index < -0.39 is 0 Å². The molecule has 104 valence electrons. The molecule has 0 bridgehead atoms. The lowest BCUT2D eigenvalue weighted by atomic mass is 9.99. The van der Waals surface area contributed by atoms with Crippen molar-refractivity contribution in [3.63, 3.8) is 0 Å². The lowest BCUT2D eigenvalue weighted by molar-refractivity contribution is -0.120. The van der Waals surface area contributed by atoms with Gasteiger partial charge in [-0.25, -0.2) is 0 Å². The molecule has 1 amide bonds. The van der Waals surface area contributed by atoms with Crippen molar-refractivity contribution in [1.29, 1.82) is 0 Å². The van der Waals surface area contributed by atoms with Crippen LogP contribution in [-0.2, 0) is 11.2 Å². The molecule has 1 aliphatic carbocycles. The Morgan fingerprint density at radius 3 is 2.74 bits per heavy atom. The van der Waals surface area contributed by atoms with Crippen molar-refractivity contribution in [3.05, 3.63) is 23.8 Å². The molecule has 2 aliphatic rings. The topological polar surface area (TPSA) is 46.3 Å². The number of rotatable bonds is 1. The van der Waals surface area contributed by atoms with Crippen LogP contribution in [0.4, 0.5) is 11.4 Å². The van der Waals surface area contributed by atoms with E-state index in [-0.39, 0.29) is 29.6 Å². The number of carbonyl (C=O) groups is 1. The van der Waals surface area contributed by atoms with Crippen molar-refractivity contribution in [2.24, 2.45) is 11.3 Å². The van der Waals surface area contributed by atoms with Crippen LogP contribution in [0.25, 0.3) is 0 Å². The van der Waals surface area contributed by atoms with Gasteiger partial charge in [0.05, 0.1) is 0 Å². The second-order valence-electron chi connectivity index (χ2n) is 6.18. The smallest absolute Gasteiger partial charge is 0.230 e. The maximum atomic E-state index is 12.5. The largest absolute Gasteiger partial charge is 0.398 e. The summed E-state index contributed by atoms with van der Waals surface area (Å²) in [4.78, 5) is 14.5. The number of nitrogen functional groups attached to an aromatic ring is 1. The van der Waals surface area contributed by atoms with Crippen LogP contribution in [0.2, 0.25) is 0 Å². The number of hydrogen-bond donors (Lipinski definition) is 1. The number of fused-ring (bicyclic) bond motifs is 1. The van der Waals surface area contributed by atoms with Gasteiger partial charge in [0.25, 0.3) is 0 Å². The zero-order valence-corrected chi connectivity index (χ0v) is 12.3. The maximum Gasteiger partial charge on any atom is 0.230 e. The highest BCUT2D eigenvalue weighted by Crippen LogP contribution is 2.53. The Morgan fingerprint density at radius 2 is 2.11 bits per heavy atom.